The average Bonchev–Trinajstić information content (AvgIpc) is 3.90. The number of hydrogen-bond acceptors (Lipinski definition) is 8. The Kier molecular flexibility index (Phi) is 11.4. The van der Waals surface area contributed by atoms with Gasteiger partial charge in [0.1, 0.15) is 17.9 Å². The van der Waals surface area contributed by atoms with Gasteiger partial charge < -0.3 is 34.9 Å². The number of carbonyl (C=O) groups excluding carboxylic acids is 4. The molecule has 13 nitrogen and oxygen atoms in total. The quantitative estimate of drug-likeness (QED) is 0.136. The summed E-state index contributed by atoms with van der Waals surface area (Å²) in [6.07, 6.45) is 6.98. The minimum absolute atomic E-state index is 0.0472. The highest BCUT2D eigenvalue weighted by Gasteiger charge is 2.55. The van der Waals surface area contributed by atoms with Gasteiger partial charge in [0.05, 0.1) is 38.2 Å². The summed E-state index contributed by atoms with van der Waals surface area (Å²) >= 11 is 0. The van der Waals surface area contributed by atoms with E-state index in [1.54, 1.807) is 41.6 Å². The summed E-state index contributed by atoms with van der Waals surface area (Å²) in [6.45, 7) is 8.67. The molecule has 340 valence electrons. The number of aromatic nitrogens is 2. The number of amides is 4. The number of hydrogen-bond donors (Lipinski definition) is 3. The van der Waals surface area contributed by atoms with Crippen molar-refractivity contribution in [3.05, 3.63) is 95.6 Å². The van der Waals surface area contributed by atoms with E-state index in [-0.39, 0.29) is 52.3 Å². The zero-order valence-electron chi connectivity index (χ0n) is 37.5. The molecule has 0 unspecified atom stereocenters. The zero-order valence-corrected chi connectivity index (χ0v) is 37.5. The minimum Gasteiger partial charge on any atom is -0.453 e. The molecule has 4 heterocycles. The Morgan fingerprint density at radius 2 is 1.34 bits per heavy atom. The second-order valence-corrected chi connectivity index (χ2v) is 18.9. The second-order valence-electron chi connectivity index (χ2n) is 18.9. The fourth-order valence-electron chi connectivity index (χ4n) is 10.1. The predicted octanol–water partition coefficient (Wildman–Crippen LogP) is 8.86. The molecule has 3 aliphatic heterocycles. The van der Waals surface area contributed by atoms with Crippen LogP contribution in [0.15, 0.2) is 78.1 Å². The Bertz CT molecular complexity index is 2620. The number of H-pyrrole nitrogens is 1. The van der Waals surface area contributed by atoms with Gasteiger partial charge in [0.25, 0.3) is 5.92 Å². The molecule has 65 heavy (non-hydrogen) atoms. The number of allylic oxidation sites excluding steroid dienone is 1. The van der Waals surface area contributed by atoms with E-state index in [1.165, 1.54) is 14.2 Å². The molecule has 3 N–H and O–H groups in total. The van der Waals surface area contributed by atoms with Crippen LogP contribution in [0.5, 0.6) is 0 Å². The summed E-state index contributed by atoms with van der Waals surface area (Å²) in [6, 6.07) is 16.1. The van der Waals surface area contributed by atoms with E-state index < -0.39 is 30.2 Å². The largest absolute Gasteiger partial charge is 0.453 e. The number of likely N-dealkylation sites (tertiary alicyclic amines) is 2. The first-order valence-corrected chi connectivity index (χ1v) is 22.5. The molecule has 4 atom stereocenters. The number of aromatic amines is 1. The zero-order chi connectivity index (χ0) is 45.9. The normalized spacial score (nSPS) is 20.9. The Morgan fingerprint density at radius 3 is 1.94 bits per heavy atom. The van der Waals surface area contributed by atoms with Crippen molar-refractivity contribution < 1.29 is 37.4 Å². The van der Waals surface area contributed by atoms with Crippen molar-refractivity contribution in [2.75, 3.05) is 27.3 Å². The van der Waals surface area contributed by atoms with E-state index in [0.717, 1.165) is 60.2 Å². The number of methoxy groups -OCH3 is 2. The van der Waals surface area contributed by atoms with Crippen LogP contribution in [-0.2, 0) is 25.0 Å². The smallest absolute Gasteiger partial charge is 0.407 e. The van der Waals surface area contributed by atoms with Gasteiger partial charge in [-0.25, -0.2) is 14.6 Å². The number of halogens is 2. The van der Waals surface area contributed by atoms with E-state index in [0.29, 0.717) is 47.6 Å². The number of aliphatic imine (C=N–C) groups is 1. The van der Waals surface area contributed by atoms with Gasteiger partial charge >= 0.3 is 12.2 Å². The summed E-state index contributed by atoms with van der Waals surface area (Å²) < 4.78 is 42.7. The lowest BCUT2D eigenvalue weighted by molar-refractivity contribution is -0.135. The van der Waals surface area contributed by atoms with Crippen molar-refractivity contribution in [3.63, 3.8) is 0 Å². The lowest BCUT2D eigenvalue weighted by Gasteiger charge is -2.31. The topological polar surface area (TPSA) is 158 Å². The molecule has 5 aliphatic rings. The predicted molar refractivity (Wildman–Crippen MR) is 242 cm³/mol. The SMILES string of the molecule is COC(=O)N[C@H](C(=O)N1CC2(CC2)C[C@H]1C1=NC=C(c2ccc3c(c2)C(F)(F)c2cc(-c4ccc(-c5cnc([C@@H]6CCCN6C(=O)[C@@H](NC(=O)OC)C(C)C)[nH]5)cc4)ccc2-3)C1)C(C)C. The number of benzene rings is 3. The number of nitrogens with zero attached hydrogens (tertiary/aromatic N) is 4. The molecule has 1 saturated carbocycles. The van der Waals surface area contributed by atoms with Gasteiger partial charge in [-0.2, -0.15) is 8.78 Å². The van der Waals surface area contributed by atoms with E-state index in [4.69, 9.17) is 14.5 Å². The fraction of sp³-hybridized carbons (Fsp3) is 0.440. The number of carbonyl (C=O) groups is 4. The molecule has 3 aromatic carbocycles. The summed E-state index contributed by atoms with van der Waals surface area (Å²) in [5, 5.41) is 5.39. The fourth-order valence-corrected chi connectivity index (χ4v) is 10.1. The molecule has 0 bridgehead atoms. The van der Waals surface area contributed by atoms with E-state index in [9.17, 15) is 19.2 Å². The van der Waals surface area contributed by atoms with Crippen LogP contribution in [0.2, 0.25) is 0 Å². The van der Waals surface area contributed by atoms with Crippen LogP contribution < -0.4 is 10.6 Å². The van der Waals surface area contributed by atoms with Crippen LogP contribution in [0.25, 0.3) is 39.1 Å². The average molecular weight is 888 g/mol. The summed E-state index contributed by atoms with van der Waals surface area (Å²) in [4.78, 5) is 68.2. The van der Waals surface area contributed by atoms with Crippen molar-refractivity contribution in [2.24, 2.45) is 22.2 Å². The van der Waals surface area contributed by atoms with Crippen molar-refractivity contribution >= 4 is 35.3 Å². The first-order chi connectivity index (χ1) is 31.1. The molecule has 1 aromatic heterocycles. The lowest BCUT2D eigenvalue weighted by atomic mass is 9.93. The Labute approximate surface area is 377 Å². The molecule has 0 radical (unpaired) electrons. The van der Waals surface area contributed by atoms with E-state index in [1.807, 2.05) is 69.0 Å². The first-order valence-electron chi connectivity index (χ1n) is 22.5. The van der Waals surface area contributed by atoms with Gasteiger partial charge in [-0.05, 0) is 100 Å². The molecule has 2 aliphatic carbocycles. The molecule has 3 fully saturated rings. The number of rotatable bonds is 11. The maximum Gasteiger partial charge on any atom is 0.407 e. The van der Waals surface area contributed by atoms with E-state index in [2.05, 4.69) is 20.6 Å². The van der Waals surface area contributed by atoms with Crippen LogP contribution in [-0.4, -0.2) is 94.9 Å². The molecule has 2 saturated heterocycles. The van der Waals surface area contributed by atoms with Crippen LogP contribution in [0.3, 0.4) is 0 Å². The molecule has 4 aromatic rings. The summed E-state index contributed by atoms with van der Waals surface area (Å²) in [7, 11) is 2.54. The highest BCUT2D eigenvalue weighted by atomic mass is 19.3. The highest BCUT2D eigenvalue weighted by Crippen LogP contribution is 2.56. The lowest BCUT2D eigenvalue weighted by Crippen LogP contribution is -2.53. The monoisotopic (exact) mass is 887 g/mol. The Balaban J connectivity index is 0.882. The van der Waals surface area contributed by atoms with Crippen LogP contribution in [0.4, 0.5) is 18.4 Å². The van der Waals surface area contributed by atoms with Gasteiger partial charge in [-0.1, -0.05) is 76.2 Å². The standard InChI is InChI=1S/C50H55F2N7O6/c1-27(2)42(56-47(62)64-5)45(60)58-19-7-8-40(58)44-54-25-39(55-44)30-11-9-29(10-12-30)31-13-15-34-35-16-14-32(21-37(35)50(51,52)36(34)20-31)33-22-38(53-24-33)41-23-49(17-18-49)26-59(41)46(61)43(28(3)4)57-48(63)65-6/h9-16,20-21,24-25,27-28,40-43H,7-8,17-19,22-23,26H2,1-6H3,(H,54,55)(H,56,62)(H,57,63)/t40-,41-,42-,43-/m0/s1. The molecular formula is C50H55F2N7O6. The number of ether oxygens (including phenoxy) is 2. The van der Waals surface area contributed by atoms with Crippen molar-refractivity contribution in [1.29, 1.82) is 0 Å². The minimum atomic E-state index is -3.24. The van der Waals surface area contributed by atoms with Gasteiger partial charge in [0.15, 0.2) is 0 Å². The van der Waals surface area contributed by atoms with Crippen LogP contribution in [0.1, 0.15) is 94.8 Å². The first kappa shape index (κ1) is 43.9. The van der Waals surface area contributed by atoms with Gasteiger partial charge in [0.2, 0.25) is 11.8 Å². The highest BCUT2D eigenvalue weighted by molar-refractivity contribution is 6.04. The number of nitrogens with one attached hydrogen (secondary N) is 3. The third-order valence-electron chi connectivity index (χ3n) is 14.0. The molecule has 9 rings (SSSR count). The maximum atomic E-state index is 16.6. The van der Waals surface area contributed by atoms with E-state index >= 15 is 8.78 Å². The van der Waals surface area contributed by atoms with Crippen LogP contribution in [0, 0.1) is 17.3 Å². The van der Waals surface area contributed by atoms with Gasteiger partial charge in [-0.3, -0.25) is 14.6 Å². The van der Waals surface area contributed by atoms with Crippen molar-refractivity contribution in [3.8, 4) is 33.5 Å². The van der Waals surface area contributed by atoms with Crippen LogP contribution >= 0.6 is 0 Å². The molecule has 1 spiro atoms. The van der Waals surface area contributed by atoms with Gasteiger partial charge in [-0.15, -0.1) is 0 Å². The molecule has 4 amide bonds. The maximum absolute atomic E-state index is 16.6. The molecular weight excluding hydrogens is 833 g/mol. The molecule has 15 heteroatoms. The third kappa shape index (κ3) is 8.07. The van der Waals surface area contributed by atoms with Crippen molar-refractivity contribution in [1.82, 2.24) is 30.4 Å². The number of fused-ring (bicyclic) bond motifs is 3. The third-order valence-corrected chi connectivity index (χ3v) is 14.0. The number of alkyl halides is 2. The van der Waals surface area contributed by atoms with Crippen molar-refractivity contribution in [2.45, 2.75) is 96.3 Å². The number of alkyl carbamates (subject to hydrolysis) is 2. The number of imidazole rings is 1. The Morgan fingerprint density at radius 1 is 0.769 bits per heavy atom. The Hall–Kier alpha value is -6.38. The summed E-state index contributed by atoms with van der Waals surface area (Å²) in [5.74, 6) is -3.24. The second kappa shape index (κ2) is 16.9. The summed E-state index contributed by atoms with van der Waals surface area (Å²) in [5.41, 5.74) is 6.31. The van der Waals surface area contributed by atoms with Gasteiger partial charge in [0, 0.05) is 42.5 Å².